The molecule has 0 aliphatic rings. The van der Waals surface area contributed by atoms with E-state index in [1.165, 1.54) is 21.2 Å². The van der Waals surface area contributed by atoms with E-state index in [1.807, 2.05) is 0 Å². The van der Waals surface area contributed by atoms with Gasteiger partial charge in [-0.25, -0.2) is 0 Å². The SMILES string of the molecule is CP(c1ccccc1)c1ccccc1.CP(c1ccccc1)c1ccccc1.[Cl][Fe][Cl].[Cl][Sn]([Cl])[Cl]. The van der Waals surface area contributed by atoms with Crippen LogP contribution < -0.4 is 21.2 Å². The van der Waals surface area contributed by atoms with Crippen molar-refractivity contribution in [3.05, 3.63) is 121 Å². The molecule has 0 N–H and O–H groups in total. The molecule has 0 bridgehead atoms. The number of hydrogen-bond donors (Lipinski definition) is 0. The van der Waals surface area contributed by atoms with Gasteiger partial charge in [0.2, 0.25) is 0 Å². The van der Waals surface area contributed by atoms with Gasteiger partial charge in [0, 0.05) is 0 Å². The van der Waals surface area contributed by atoms with E-state index in [1.54, 1.807) is 0 Å². The number of rotatable bonds is 4. The number of halogens is 5. The molecule has 0 unspecified atom stereocenters. The molecule has 0 fully saturated rings. The summed E-state index contributed by atoms with van der Waals surface area (Å²) in [6.07, 6.45) is 0. The molecule has 0 aliphatic heterocycles. The topological polar surface area (TPSA) is 0 Å². The van der Waals surface area contributed by atoms with E-state index in [0.717, 1.165) is 0 Å². The molecule has 0 nitrogen and oxygen atoms in total. The van der Waals surface area contributed by atoms with Gasteiger partial charge in [-0.1, -0.05) is 121 Å². The van der Waals surface area contributed by atoms with Crippen LogP contribution in [-0.2, 0) is 13.1 Å². The van der Waals surface area contributed by atoms with E-state index < -0.39 is 16.4 Å². The molecule has 0 saturated heterocycles. The van der Waals surface area contributed by atoms with Crippen molar-refractivity contribution in [2.24, 2.45) is 0 Å². The minimum absolute atomic E-state index is 0.171. The second-order valence-corrected chi connectivity index (χ2v) is 25.6. The van der Waals surface area contributed by atoms with Gasteiger partial charge in [-0.2, -0.15) is 0 Å². The third kappa shape index (κ3) is 15.5. The first-order valence-corrected chi connectivity index (χ1v) is 27.7. The van der Waals surface area contributed by atoms with Gasteiger partial charge in [-0.15, -0.1) is 0 Å². The van der Waals surface area contributed by atoms with Crippen LogP contribution in [0.5, 0.6) is 0 Å². The third-order valence-corrected chi connectivity index (χ3v) is 8.86. The standard InChI is InChI=1S/2C13H13P.5ClH.Fe.Sn/c2*1-14(12-8-4-2-5-9-12)13-10-6-3-7-11-13;;;;;;;/h2*2-11H,1H3;5*1H;;/q;;;;;;;+2;+3/p-5. The van der Waals surface area contributed by atoms with Crippen LogP contribution >= 0.6 is 62.8 Å². The van der Waals surface area contributed by atoms with Crippen LogP contribution in [0.1, 0.15) is 0 Å². The fourth-order valence-corrected chi connectivity index (χ4v) is 5.98. The van der Waals surface area contributed by atoms with Gasteiger partial charge in [0.1, 0.15) is 0 Å². The Bertz CT molecular complexity index is 854. The molecule has 0 amide bonds. The monoisotopic (exact) mass is 751 g/mol. The Morgan fingerprint density at radius 3 is 0.743 bits per heavy atom. The second-order valence-electron chi connectivity index (χ2n) is 6.73. The molecule has 1 radical (unpaired) electrons. The van der Waals surface area contributed by atoms with Crippen LogP contribution in [-0.4, -0.2) is 29.7 Å². The predicted molar refractivity (Wildman–Crippen MR) is 165 cm³/mol. The summed E-state index contributed by atoms with van der Waals surface area (Å²) < 4.78 is 0. The van der Waals surface area contributed by atoms with Crippen LogP contribution in [0.25, 0.3) is 0 Å². The van der Waals surface area contributed by atoms with E-state index in [4.69, 9.17) is 47.0 Å². The zero-order valence-corrected chi connectivity index (χ0v) is 28.7. The fraction of sp³-hybridized carbons (Fsp3) is 0.0769. The Labute approximate surface area is 245 Å². The predicted octanol–water partition coefficient (Wildman–Crippen LogP) is 8.56. The van der Waals surface area contributed by atoms with Gasteiger partial charge >= 0.3 is 76.5 Å². The molecular weight excluding hydrogens is 726 g/mol. The van der Waals surface area contributed by atoms with Crippen LogP contribution in [0.4, 0.5) is 0 Å². The Morgan fingerprint density at radius 1 is 0.457 bits per heavy atom. The van der Waals surface area contributed by atoms with Crippen molar-refractivity contribution in [3.8, 4) is 0 Å². The third-order valence-electron chi connectivity index (χ3n) is 4.57. The van der Waals surface area contributed by atoms with E-state index in [9.17, 15) is 0 Å². The Kier molecular flexibility index (Phi) is 20.5. The summed E-state index contributed by atoms with van der Waals surface area (Å²) in [4.78, 5) is 0. The quantitative estimate of drug-likeness (QED) is 0.145. The summed E-state index contributed by atoms with van der Waals surface area (Å²) in [6, 6.07) is 42.8. The van der Waals surface area contributed by atoms with Crippen molar-refractivity contribution in [2.45, 2.75) is 0 Å². The van der Waals surface area contributed by atoms with Gasteiger partial charge in [-0.3, -0.25) is 0 Å². The molecule has 4 rings (SSSR count). The second kappa shape index (κ2) is 21.4. The maximum absolute atomic E-state index is 5.00. The maximum atomic E-state index is 5.00. The first-order valence-electron chi connectivity index (χ1n) is 10.3. The van der Waals surface area contributed by atoms with Gasteiger partial charge in [-0.05, 0) is 50.4 Å². The molecule has 0 saturated carbocycles. The first-order chi connectivity index (χ1) is 16.9. The summed E-state index contributed by atoms with van der Waals surface area (Å²) >= 11 is -1.93. The van der Waals surface area contributed by atoms with Crippen LogP contribution in [0.15, 0.2) is 121 Å². The van der Waals surface area contributed by atoms with Gasteiger partial charge < -0.3 is 0 Å². The summed E-state index contributed by atoms with van der Waals surface area (Å²) in [6.45, 7) is 4.61. The van der Waals surface area contributed by atoms with Crippen molar-refractivity contribution in [3.63, 3.8) is 0 Å². The molecule has 0 aliphatic carbocycles. The van der Waals surface area contributed by atoms with E-state index >= 15 is 0 Å². The molecule has 0 atom stereocenters. The van der Waals surface area contributed by atoms with Gasteiger partial charge in [0.15, 0.2) is 0 Å². The zero-order valence-electron chi connectivity index (χ0n) is 19.2. The Balaban J connectivity index is 0.000000278. The number of benzene rings is 4. The molecule has 4 aromatic carbocycles. The van der Waals surface area contributed by atoms with Crippen LogP contribution in [0, 0.1) is 0 Å². The van der Waals surface area contributed by atoms with Crippen LogP contribution in [0.3, 0.4) is 0 Å². The van der Waals surface area contributed by atoms with E-state index in [2.05, 4.69) is 135 Å². The van der Waals surface area contributed by atoms with Crippen molar-refractivity contribution >= 4 is 100 Å². The van der Waals surface area contributed by atoms with E-state index in [-0.39, 0.29) is 29.0 Å². The average Bonchev–Trinajstić information content (AvgIpc) is 2.90. The van der Waals surface area contributed by atoms with Crippen molar-refractivity contribution in [1.82, 2.24) is 0 Å². The molecule has 9 heteroatoms. The molecule has 35 heavy (non-hydrogen) atoms. The average molecular weight is 752 g/mol. The summed E-state index contributed by atoms with van der Waals surface area (Å²) in [5, 5.41) is 5.75. The molecule has 187 valence electrons. The van der Waals surface area contributed by atoms with Crippen molar-refractivity contribution in [2.75, 3.05) is 13.3 Å². The van der Waals surface area contributed by atoms with Gasteiger partial charge in [0.25, 0.3) is 0 Å². The first kappa shape index (κ1) is 33.5. The van der Waals surface area contributed by atoms with Crippen molar-refractivity contribution < 1.29 is 13.1 Å². The van der Waals surface area contributed by atoms with Crippen molar-refractivity contribution in [1.29, 1.82) is 0 Å². The minimum atomic E-state index is -2.13. The molecule has 4 aromatic rings. The summed E-state index contributed by atoms with van der Waals surface area (Å²) in [5.41, 5.74) is 0. The van der Waals surface area contributed by atoms with Crippen LogP contribution in [0.2, 0.25) is 0 Å². The normalized spacial score (nSPS) is 10.0. The zero-order chi connectivity index (χ0) is 25.9. The molecular formula is C26H26Cl5FeP2Sn. The Hall–Kier alpha value is 0.508. The molecule has 0 spiro atoms. The summed E-state index contributed by atoms with van der Waals surface area (Å²) in [5.74, 6) is 0. The molecule has 0 aromatic heterocycles. The summed E-state index contributed by atoms with van der Waals surface area (Å²) in [7, 11) is 24.2. The van der Waals surface area contributed by atoms with Gasteiger partial charge in [0.05, 0.1) is 0 Å². The Morgan fingerprint density at radius 2 is 0.600 bits per heavy atom. The van der Waals surface area contributed by atoms with E-state index in [0.29, 0.717) is 0 Å². The number of hydrogen-bond acceptors (Lipinski definition) is 0. The molecule has 0 heterocycles. The fourth-order valence-electron chi connectivity index (χ4n) is 2.90.